The third kappa shape index (κ3) is 6.20. The van der Waals surface area contributed by atoms with Gasteiger partial charge in [0.05, 0.1) is 0 Å². The maximum atomic E-state index is 11.7. The maximum absolute atomic E-state index is 11.7. The van der Waals surface area contributed by atoms with E-state index in [0.717, 1.165) is 25.8 Å². The summed E-state index contributed by atoms with van der Waals surface area (Å²) in [5, 5.41) is 2.93. The van der Waals surface area contributed by atoms with Gasteiger partial charge < -0.3 is 11.1 Å². The van der Waals surface area contributed by atoms with E-state index in [9.17, 15) is 4.79 Å². The van der Waals surface area contributed by atoms with E-state index in [-0.39, 0.29) is 11.3 Å². The first kappa shape index (κ1) is 16.7. The van der Waals surface area contributed by atoms with Gasteiger partial charge in [-0.1, -0.05) is 45.0 Å². The molecule has 1 aromatic carbocycles. The smallest absolute Gasteiger partial charge is 0.220 e. The zero-order chi connectivity index (χ0) is 15.0. The van der Waals surface area contributed by atoms with Crippen LogP contribution >= 0.6 is 0 Å². The molecule has 1 aromatic rings. The van der Waals surface area contributed by atoms with Crippen LogP contribution in [0.3, 0.4) is 0 Å². The highest BCUT2D eigenvalue weighted by Crippen LogP contribution is 2.22. The normalized spacial score (nSPS) is 11.4. The molecule has 0 aliphatic heterocycles. The largest absolute Gasteiger partial charge is 0.356 e. The zero-order valence-electron chi connectivity index (χ0n) is 13.0. The van der Waals surface area contributed by atoms with E-state index in [4.69, 9.17) is 5.73 Å². The summed E-state index contributed by atoms with van der Waals surface area (Å²) in [6, 6.07) is 8.58. The molecular formula is C17H28N2O. The summed E-state index contributed by atoms with van der Waals surface area (Å²) in [7, 11) is 0. The SMILES string of the molecule is CC(C)(C)c1ccc(CCC(=O)NCCCCN)cc1. The predicted octanol–water partition coefficient (Wildman–Crippen LogP) is 2.77. The lowest BCUT2D eigenvalue weighted by Gasteiger charge is -2.19. The molecule has 0 aliphatic carbocycles. The molecule has 3 nitrogen and oxygen atoms in total. The van der Waals surface area contributed by atoms with Crippen molar-refractivity contribution in [1.82, 2.24) is 5.32 Å². The van der Waals surface area contributed by atoms with Crippen molar-refractivity contribution in [3.8, 4) is 0 Å². The summed E-state index contributed by atoms with van der Waals surface area (Å²) in [6.07, 6.45) is 3.28. The second-order valence-electron chi connectivity index (χ2n) is 6.29. The highest BCUT2D eigenvalue weighted by molar-refractivity contribution is 5.76. The zero-order valence-corrected chi connectivity index (χ0v) is 13.0. The van der Waals surface area contributed by atoms with Gasteiger partial charge in [0.1, 0.15) is 0 Å². The quantitative estimate of drug-likeness (QED) is 0.752. The molecule has 0 heterocycles. The molecule has 112 valence electrons. The number of unbranched alkanes of at least 4 members (excludes halogenated alkanes) is 1. The minimum atomic E-state index is 0.127. The van der Waals surface area contributed by atoms with Crippen molar-refractivity contribution in [2.45, 2.75) is 51.9 Å². The molecule has 0 atom stereocenters. The van der Waals surface area contributed by atoms with Gasteiger partial charge in [-0.3, -0.25) is 4.79 Å². The first-order valence-corrected chi connectivity index (χ1v) is 7.49. The van der Waals surface area contributed by atoms with E-state index in [2.05, 4.69) is 50.4 Å². The Hall–Kier alpha value is -1.35. The number of carbonyl (C=O) groups is 1. The van der Waals surface area contributed by atoms with Crippen molar-refractivity contribution in [3.63, 3.8) is 0 Å². The number of nitrogens with two attached hydrogens (primary N) is 1. The second kappa shape index (κ2) is 8.05. The Bertz CT molecular complexity index is 404. The van der Waals surface area contributed by atoms with Crippen molar-refractivity contribution < 1.29 is 4.79 Å². The van der Waals surface area contributed by atoms with Crippen LogP contribution in [0.1, 0.15) is 51.2 Å². The molecule has 0 saturated heterocycles. The molecular weight excluding hydrogens is 248 g/mol. The lowest BCUT2D eigenvalue weighted by Crippen LogP contribution is -2.25. The summed E-state index contributed by atoms with van der Waals surface area (Å²) in [6.45, 7) is 8.04. The minimum Gasteiger partial charge on any atom is -0.356 e. The van der Waals surface area contributed by atoms with E-state index < -0.39 is 0 Å². The van der Waals surface area contributed by atoms with E-state index in [1.807, 2.05) is 0 Å². The van der Waals surface area contributed by atoms with Crippen LogP contribution in [0, 0.1) is 0 Å². The molecule has 0 radical (unpaired) electrons. The number of amides is 1. The summed E-state index contributed by atoms with van der Waals surface area (Å²) in [4.78, 5) is 11.7. The van der Waals surface area contributed by atoms with Gasteiger partial charge >= 0.3 is 0 Å². The maximum Gasteiger partial charge on any atom is 0.220 e. The molecule has 0 aromatic heterocycles. The Morgan fingerprint density at radius 2 is 1.80 bits per heavy atom. The Labute approximate surface area is 122 Å². The summed E-state index contributed by atoms with van der Waals surface area (Å²) < 4.78 is 0. The van der Waals surface area contributed by atoms with Crippen molar-refractivity contribution in [3.05, 3.63) is 35.4 Å². The van der Waals surface area contributed by atoms with Crippen molar-refractivity contribution in [2.75, 3.05) is 13.1 Å². The van der Waals surface area contributed by atoms with Gasteiger partial charge in [-0.25, -0.2) is 0 Å². The Balaban J connectivity index is 2.33. The first-order chi connectivity index (χ1) is 9.43. The number of nitrogens with one attached hydrogen (secondary N) is 1. The highest BCUT2D eigenvalue weighted by Gasteiger charge is 2.12. The minimum absolute atomic E-state index is 0.127. The van der Waals surface area contributed by atoms with Gasteiger partial charge in [0, 0.05) is 13.0 Å². The lowest BCUT2D eigenvalue weighted by molar-refractivity contribution is -0.121. The molecule has 0 fully saturated rings. The van der Waals surface area contributed by atoms with E-state index in [1.165, 1.54) is 11.1 Å². The van der Waals surface area contributed by atoms with Crippen LogP contribution in [0.15, 0.2) is 24.3 Å². The predicted molar refractivity (Wildman–Crippen MR) is 84.8 cm³/mol. The molecule has 20 heavy (non-hydrogen) atoms. The van der Waals surface area contributed by atoms with Gasteiger partial charge in [0.25, 0.3) is 0 Å². The molecule has 0 aliphatic rings. The number of hydrogen-bond acceptors (Lipinski definition) is 2. The number of aryl methyl sites for hydroxylation is 1. The topological polar surface area (TPSA) is 55.1 Å². The molecule has 0 bridgehead atoms. The standard InChI is InChI=1S/C17H28N2O/c1-17(2,3)15-9-6-14(7-10-15)8-11-16(20)19-13-5-4-12-18/h6-7,9-10H,4-5,8,11-13,18H2,1-3H3,(H,19,20). The van der Waals surface area contributed by atoms with Crippen LogP contribution in [0.25, 0.3) is 0 Å². The summed E-state index contributed by atoms with van der Waals surface area (Å²) in [5.41, 5.74) is 8.13. The molecule has 3 N–H and O–H groups in total. The van der Waals surface area contributed by atoms with Gasteiger partial charge in [0.2, 0.25) is 5.91 Å². The monoisotopic (exact) mass is 276 g/mol. The lowest BCUT2D eigenvalue weighted by atomic mass is 9.86. The number of carbonyl (C=O) groups excluding carboxylic acids is 1. The third-order valence-electron chi connectivity index (χ3n) is 3.41. The van der Waals surface area contributed by atoms with Gasteiger partial charge in [-0.15, -0.1) is 0 Å². The van der Waals surface area contributed by atoms with Crippen LogP contribution in [0.4, 0.5) is 0 Å². The van der Waals surface area contributed by atoms with Crippen LogP contribution in [-0.4, -0.2) is 19.0 Å². The molecule has 0 unspecified atom stereocenters. The van der Waals surface area contributed by atoms with E-state index in [1.54, 1.807) is 0 Å². The first-order valence-electron chi connectivity index (χ1n) is 7.49. The number of hydrogen-bond donors (Lipinski definition) is 2. The van der Waals surface area contributed by atoms with E-state index in [0.29, 0.717) is 13.0 Å². The Kier molecular flexibility index (Phi) is 6.73. The summed E-state index contributed by atoms with van der Waals surface area (Å²) in [5.74, 6) is 0.127. The molecule has 0 saturated carbocycles. The van der Waals surface area contributed by atoms with Gasteiger partial charge in [-0.05, 0) is 42.3 Å². The molecule has 3 heteroatoms. The third-order valence-corrected chi connectivity index (χ3v) is 3.41. The van der Waals surface area contributed by atoms with Crippen LogP contribution < -0.4 is 11.1 Å². The summed E-state index contributed by atoms with van der Waals surface area (Å²) >= 11 is 0. The van der Waals surface area contributed by atoms with E-state index >= 15 is 0 Å². The van der Waals surface area contributed by atoms with Crippen LogP contribution in [0.2, 0.25) is 0 Å². The van der Waals surface area contributed by atoms with Crippen molar-refractivity contribution >= 4 is 5.91 Å². The van der Waals surface area contributed by atoms with Crippen LogP contribution in [-0.2, 0) is 16.6 Å². The molecule has 1 amide bonds. The number of rotatable bonds is 7. The average Bonchev–Trinajstić information content (AvgIpc) is 2.41. The van der Waals surface area contributed by atoms with Crippen molar-refractivity contribution in [2.24, 2.45) is 5.73 Å². The number of benzene rings is 1. The molecule has 0 spiro atoms. The highest BCUT2D eigenvalue weighted by atomic mass is 16.1. The Morgan fingerprint density at radius 3 is 2.35 bits per heavy atom. The fourth-order valence-corrected chi connectivity index (χ4v) is 2.01. The molecule has 1 rings (SSSR count). The van der Waals surface area contributed by atoms with Gasteiger partial charge in [0.15, 0.2) is 0 Å². The van der Waals surface area contributed by atoms with Gasteiger partial charge in [-0.2, -0.15) is 0 Å². The van der Waals surface area contributed by atoms with Crippen molar-refractivity contribution in [1.29, 1.82) is 0 Å². The fourth-order valence-electron chi connectivity index (χ4n) is 2.01. The Morgan fingerprint density at radius 1 is 1.15 bits per heavy atom. The average molecular weight is 276 g/mol. The van der Waals surface area contributed by atoms with Crippen LogP contribution in [0.5, 0.6) is 0 Å². The fraction of sp³-hybridized carbons (Fsp3) is 0.588. The second-order valence-corrected chi connectivity index (χ2v) is 6.29.